The molecule has 0 spiro atoms. The minimum absolute atomic E-state index is 0.0321. The lowest BCUT2D eigenvalue weighted by molar-refractivity contribution is -0.117. The Hall–Kier alpha value is -4.18. The molecule has 1 aliphatic heterocycles. The van der Waals surface area contributed by atoms with Crippen LogP contribution in [0.1, 0.15) is 36.2 Å². The summed E-state index contributed by atoms with van der Waals surface area (Å²) in [6, 6.07) is 8.00. The number of amides is 1. The molecule has 7 heteroatoms. The molecular formula is C26H22N6O. The van der Waals surface area contributed by atoms with E-state index in [2.05, 4.69) is 55.2 Å². The molecule has 4 aromatic rings. The van der Waals surface area contributed by atoms with Gasteiger partial charge in [0.15, 0.2) is 0 Å². The molecule has 6 rings (SSSR count). The van der Waals surface area contributed by atoms with Crippen LogP contribution in [0.4, 0.5) is 11.6 Å². The van der Waals surface area contributed by atoms with Gasteiger partial charge in [-0.15, -0.1) is 0 Å². The number of carbonyl (C=O) groups is 1. The fourth-order valence-corrected chi connectivity index (χ4v) is 4.19. The first-order chi connectivity index (χ1) is 16.2. The molecule has 7 nitrogen and oxygen atoms in total. The summed E-state index contributed by atoms with van der Waals surface area (Å²) in [5.41, 5.74) is 3.78. The lowest BCUT2D eigenvalue weighted by Crippen LogP contribution is -2.14. The van der Waals surface area contributed by atoms with Crippen molar-refractivity contribution in [2.45, 2.75) is 25.8 Å². The zero-order valence-electron chi connectivity index (χ0n) is 18.2. The molecule has 2 N–H and O–H groups in total. The molecule has 4 heterocycles. The summed E-state index contributed by atoms with van der Waals surface area (Å²) < 4.78 is 2.24. The van der Waals surface area contributed by atoms with E-state index >= 15 is 0 Å². The van der Waals surface area contributed by atoms with Gasteiger partial charge in [-0.3, -0.25) is 4.79 Å². The van der Waals surface area contributed by atoms with Gasteiger partial charge < -0.3 is 15.2 Å². The van der Waals surface area contributed by atoms with Gasteiger partial charge in [-0.25, -0.2) is 15.0 Å². The highest BCUT2D eigenvalue weighted by atomic mass is 16.2. The van der Waals surface area contributed by atoms with Crippen molar-refractivity contribution in [3.05, 3.63) is 59.7 Å². The lowest BCUT2D eigenvalue weighted by Gasteiger charge is -2.09. The van der Waals surface area contributed by atoms with Gasteiger partial charge in [0.1, 0.15) is 17.5 Å². The molecule has 0 saturated heterocycles. The van der Waals surface area contributed by atoms with E-state index in [0.717, 1.165) is 70.4 Å². The number of nitrogens with zero attached hydrogens (tertiary/aromatic N) is 4. The van der Waals surface area contributed by atoms with Crippen LogP contribution < -0.4 is 10.6 Å². The predicted molar refractivity (Wildman–Crippen MR) is 130 cm³/mol. The van der Waals surface area contributed by atoms with E-state index in [4.69, 9.17) is 4.98 Å². The minimum Gasteiger partial charge on any atom is -0.373 e. The predicted octanol–water partition coefficient (Wildman–Crippen LogP) is 4.19. The van der Waals surface area contributed by atoms with Gasteiger partial charge in [-0.1, -0.05) is 17.9 Å². The van der Waals surface area contributed by atoms with Crippen LogP contribution in [-0.4, -0.2) is 32.5 Å². The van der Waals surface area contributed by atoms with Crippen LogP contribution in [0.3, 0.4) is 0 Å². The first-order valence-corrected chi connectivity index (χ1v) is 11.2. The summed E-state index contributed by atoms with van der Waals surface area (Å²) in [7, 11) is 1.83. The van der Waals surface area contributed by atoms with E-state index in [1.165, 1.54) is 0 Å². The van der Waals surface area contributed by atoms with Gasteiger partial charge in [0.25, 0.3) is 0 Å². The number of rotatable bonds is 3. The molecule has 1 fully saturated rings. The number of imidazole rings is 1. The number of nitrogens with one attached hydrogen (secondary N) is 2. The Morgan fingerprint density at radius 1 is 1.12 bits per heavy atom. The monoisotopic (exact) mass is 434 g/mol. The van der Waals surface area contributed by atoms with Crippen LogP contribution in [0.25, 0.3) is 27.9 Å². The van der Waals surface area contributed by atoms with Gasteiger partial charge in [-0.2, -0.15) is 0 Å². The molecule has 1 aromatic carbocycles. The molecule has 162 valence electrons. The topological polar surface area (TPSA) is 84.7 Å². The van der Waals surface area contributed by atoms with Gasteiger partial charge >= 0.3 is 0 Å². The average molecular weight is 435 g/mol. The van der Waals surface area contributed by atoms with Gasteiger partial charge in [0.05, 0.1) is 16.6 Å². The van der Waals surface area contributed by atoms with E-state index < -0.39 is 0 Å². The third-order valence-electron chi connectivity index (χ3n) is 6.11. The summed E-state index contributed by atoms with van der Waals surface area (Å²) in [5.74, 6) is 8.98. The number of anilines is 2. The van der Waals surface area contributed by atoms with Crippen LogP contribution >= 0.6 is 0 Å². The summed E-state index contributed by atoms with van der Waals surface area (Å²) in [5, 5.41) is 7.79. The van der Waals surface area contributed by atoms with Crippen molar-refractivity contribution in [1.82, 2.24) is 19.5 Å². The number of carbonyl (C=O) groups excluding carboxylic acids is 1. The molecule has 3 aromatic heterocycles. The number of aryl methyl sites for hydroxylation is 1. The minimum atomic E-state index is 0.0321. The normalized spacial score (nSPS) is 14.6. The Kier molecular flexibility index (Phi) is 4.58. The quantitative estimate of drug-likeness (QED) is 0.473. The third kappa shape index (κ3) is 3.60. The summed E-state index contributed by atoms with van der Waals surface area (Å²) in [6.07, 6.45) is 10.6. The largest absolute Gasteiger partial charge is 0.373 e. The second-order valence-corrected chi connectivity index (χ2v) is 8.42. The van der Waals surface area contributed by atoms with Gasteiger partial charge in [-0.05, 0) is 49.6 Å². The molecule has 2 aliphatic rings. The van der Waals surface area contributed by atoms with Crippen LogP contribution in [0.2, 0.25) is 0 Å². The highest BCUT2D eigenvalue weighted by Gasteiger charge is 2.29. The standard InChI is InChI=1S/C26H22N6O/c1-27-25-20-15-28-23(31-26(33)17-8-9-17)13-19(20)18(14-29-25)7-5-16-6-10-21-22(12-16)32-11-3-2-4-24(32)30-21/h2,4,6,10,12-15,17H,3,8-9,11H2,1H3,(H,27,29)(H,28,31,33). The average Bonchev–Trinajstić information content (AvgIpc) is 3.63. The van der Waals surface area contributed by atoms with E-state index in [1.807, 2.05) is 25.2 Å². The maximum atomic E-state index is 12.2. The number of fused-ring (bicyclic) bond motifs is 4. The van der Waals surface area contributed by atoms with Gasteiger partial charge in [0, 0.05) is 48.2 Å². The van der Waals surface area contributed by atoms with Crippen molar-refractivity contribution >= 4 is 45.4 Å². The Morgan fingerprint density at radius 3 is 2.88 bits per heavy atom. The first-order valence-electron chi connectivity index (χ1n) is 11.2. The zero-order valence-corrected chi connectivity index (χ0v) is 18.2. The van der Waals surface area contributed by atoms with Crippen molar-refractivity contribution in [3.8, 4) is 11.8 Å². The Balaban J connectivity index is 1.40. The zero-order chi connectivity index (χ0) is 22.4. The molecule has 0 unspecified atom stereocenters. The SMILES string of the molecule is CNc1ncc(C#Cc2ccc3nc4n(c3c2)CCC=C4)c2cc(NC(=O)C3CC3)ncc12. The van der Waals surface area contributed by atoms with Crippen molar-refractivity contribution in [2.24, 2.45) is 5.92 Å². The Morgan fingerprint density at radius 2 is 2.03 bits per heavy atom. The maximum Gasteiger partial charge on any atom is 0.228 e. The molecule has 33 heavy (non-hydrogen) atoms. The van der Waals surface area contributed by atoms with E-state index in [9.17, 15) is 4.79 Å². The molecule has 1 amide bonds. The maximum absolute atomic E-state index is 12.2. The van der Waals surface area contributed by atoms with E-state index in [-0.39, 0.29) is 11.8 Å². The molecule has 1 aliphatic carbocycles. The second-order valence-electron chi connectivity index (χ2n) is 8.42. The number of hydrogen-bond acceptors (Lipinski definition) is 5. The highest BCUT2D eigenvalue weighted by molar-refractivity contribution is 5.99. The number of aromatic nitrogens is 4. The molecule has 1 saturated carbocycles. The highest BCUT2D eigenvalue weighted by Crippen LogP contribution is 2.31. The summed E-state index contributed by atoms with van der Waals surface area (Å²) in [4.78, 5) is 25.8. The lowest BCUT2D eigenvalue weighted by atomic mass is 10.1. The fraction of sp³-hybridized carbons (Fsp3) is 0.231. The summed E-state index contributed by atoms with van der Waals surface area (Å²) in [6.45, 7) is 0.932. The summed E-state index contributed by atoms with van der Waals surface area (Å²) >= 11 is 0. The molecule has 0 bridgehead atoms. The van der Waals surface area contributed by atoms with E-state index in [1.54, 1.807) is 12.4 Å². The Bertz CT molecular complexity index is 1520. The van der Waals surface area contributed by atoms with Crippen LogP contribution in [0.5, 0.6) is 0 Å². The first kappa shape index (κ1) is 19.5. The van der Waals surface area contributed by atoms with Crippen LogP contribution in [0.15, 0.2) is 42.7 Å². The van der Waals surface area contributed by atoms with Crippen LogP contribution in [-0.2, 0) is 11.3 Å². The number of benzene rings is 1. The van der Waals surface area contributed by atoms with Crippen molar-refractivity contribution < 1.29 is 4.79 Å². The smallest absolute Gasteiger partial charge is 0.228 e. The van der Waals surface area contributed by atoms with Crippen molar-refractivity contribution in [3.63, 3.8) is 0 Å². The Labute approximate surface area is 191 Å². The fourth-order valence-electron chi connectivity index (χ4n) is 4.19. The molecular weight excluding hydrogens is 412 g/mol. The number of pyridine rings is 2. The number of allylic oxidation sites excluding steroid dienone is 1. The second kappa shape index (κ2) is 7.75. The van der Waals surface area contributed by atoms with Crippen LogP contribution in [0, 0.1) is 17.8 Å². The van der Waals surface area contributed by atoms with Crippen molar-refractivity contribution in [1.29, 1.82) is 0 Å². The van der Waals surface area contributed by atoms with E-state index in [0.29, 0.717) is 5.82 Å². The number of hydrogen-bond donors (Lipinski definition) is 2. The molecule has 0 radical (unpaired) electrons. The molecule has 0 atom stereocenters. The van der Waals surface area contributed by atoms with Crippen molar-refractivity contribution in [2.75, 3.05) is 17.7 Å². The van der Waals surface area contributed by atoms with Gasteiger partial charge in [0.2, 0.25) is 5.91 Å². The third-order valence-corrected chi connectivity index (χ3v) is 6.11.